The Morgan fingerprint density at radius 2 is 1.09 bits per heavy atom. The van der Waals surface area contributed by atoms with Gasteiger partial charge in [-0.1, -0.05) is 91.0 Å². The average molecular weight is 433 g/mol. The number of carbonyl (C=O) groups is 1. The van der Waals surface area contributed by atoms with Crippen molar-refractivity contribution >= 4 is 5.78 Å². The molecule has 166 valence electrons. The van der Waals surface area contributed by atoms with Gasteiger partial charge in [-0.05, 0) is 16.7 Å². The van der Waals surface area contributed by atoms with E-state index in [0.717, 1.165) is 16.7 Å². The maximum atomic E-state index is 13.0. The van der Waals surface area contributed by atoms with Crippen LogP contribution in [0.3, 0.4) is 0 Å². The smallest absolute Gasteiger partial charge is 0.218 e. The van der Waals surface area contributed by atoms with Crippen LogP contribution in [0.4, 0.5) is 0 Å². The highest BCUT2D eigenvalue weighted by Crippen LogP contribution is 2.26. The molecule has 4 rings (SSSR count). The van der Waals surface area contributed by atoms with Gasteiger partial charge in [0.15, 0.2) is 5.78 Å². The number of ketones is 1. The molecule has 1 fully saturated rings. The third kappa shape index (κ3) is 6.34. The number of Topliss-reactive ketones (excluding diaryl/α,β-unsaturated/α-hetero) is 1. The van der Waals surface area contributed by atoms with E-state index >= 15 is 0 Å². The molecule has 0 aromatic heterocycles. The van der Waals surface area contributed by atoms with E-state index in [2.05, 4.69) is 0 Å². The second-order valence-electron chi connectivity index (χ2n) is 7.81. The van der Waals surface area contributed by atoms with Crippen molar-refractivity contribution in [3.8, 4) is 0 Å². The normalized spacial score (nSPS) is 20.5. The molecule has 5 heteroatoms. The van der Waals surface area contributed by atoms with Crippen LogP contribution in [0, 0.1) is 5.92 Å². The Bertz CT molecular complexity index is 946. The zero-order valence-corrected chi connectivity index (χ0v) is 18.0. The second kappa shape index (κ2) is 11.7. The highest BCUT2D eigenvalue weighted by atomic mass is 16.7. The maximum Gasteiger partial charge on any atom is 0.218 e. The number of hydrogen-bond acceptors (Lipinski definition) is 5. The lowest BCUT2D eigenvalue weighted by atomic mass is 10.0. The number of ether oxygens (including phenoxy) is 4. The van der Waals surface area contributed by atoms with Crippen LogP contribution < -0.4 is 0 Å². The lowest BCUT2D eigenvalue weighted by molar-refractivity contribution is -0.166. The van der Waals surface area contributed by atoms with Gasteiger partial charge in [-0.2, -0.15) is 0 Å². The van der Waals surface area contributed by atoms with Crippen molar-refractivity contribution in [2.24, 2.45) is 5.92 Å². The van der Waals surface area contributed by atoms with E-state index in [1.165, 1.54) is 0 Å². The maximum absolute atomic E-state index is 13.0. The van der Waals surface area contributed by atoms with Crippen LogP contribution in [0.2, 0.25) is 0 Å². The first-order valence-electron chi connectivity index (χ1n) is 10.9. The molecule has 3 aromatic carbocycles. The number of benzene rings is 3. The molecule has 32 heavy (non-hydrogen) atoms. The molecular formula is C27H28O5. The molecule has 3 aromatic rings. The average Bonchev–Trinajstić information content (AvgIpc) is 3.14. The van der Waals surface area contributed by atoms with Gasteiger partial charge < -0.3 is 18.9 Å². The van der Waals surface area contributed by atoms with E-state index < -0.39 is 18.3 Å². The van der Waals surface area contributed by atoms with Gasteiger partial charge in [0.05, 0.1) is 45.1 Å². The van der Waals surface area contributed by atoms with Gasteiger partial charge in [0.1, 0.15) is 0 Å². The van der Waals surface area contributed by atoms with Crippen molar-refractivity contribution in [3.63, 3.8) is 0 Å². The third-order valence-electron chi connectivity index (χ3n) is 5.39. The van der Waals surface area contributed by atoms with E-state index in [0.29, 0.717) is 26.4 Å². The Hall–Kier alpha value is -2.83. The summed E-state index contributed by atoms with van der Waals surface area (Å²) in [7, 11) is 0. The van der Waals surface area contributed by atoms with Crippen molar-refractivity contribution < 1.29 is 23.7 Å². The first kappa shape index (κ1) is 22.4. The molecule has 0 N–H and O–H groups in total. The largest absolute Gasteiger partial charge is 0.376 e. The summed E-state index contributed by atoms with van der Waals surface area (Å²) in [5, 5.41) is 0. The fourth-order valence-corrected chi connectivity index (χ4v) is 3.64. The van der Waals surface area contributed by atoms with Crippen LogP contribution in [-0.4, -0.2) is 31.4 Å². The molecule has 1 saturated heterocycles. The number of hydrogen-bond donors (Lipinski definition) is 0. The monoisotopic (exact) mass is 432 g/mol. The minimum Gasteiger partial charge on any atom is -0.376 e. The van der Waals surface area contributed by atoms with Crippen molar-refractivity contribution in [1.29, 1.82) is 0 Å². The van der Waals surface area contributed by atoms with Gasteiger partial charge in [-0.25, -0.2) is 0 Å². The van der Waals surface area contributed by atoms with Crippen molar-refractivity contribution in [2.75, 3.05) is 13.2 Å². The highest BCUT2D eigenvalue weighted by Gasteiger charge is 2.44. The quantitative estimate of drug-likeness (QED) is 0.445. The zero-order valence-electron chi connectivity index (χ0n) is 18.0. The molecule has 1 aliphatic rings. The molecule has 0 spiro atoms. The summed E-state index contributed by atoms with van der Waals surface area (Å²) in [4.78, 5) is 13.0. The molecule has 0 unspecified atom stereocenters. The fourth-order valence-electron chi connectivity index (χ4n) is 3.64. The standard InChI is InChI=1S/C27H28O5/c28-26-24(19-29-16-21-10-4-1-5-11-21)25(20-30-17-22-12-6-2-7-13-22)32-27(26)31-18-23-14-8-3-9-15-23/h1-15,24-25,27H,16-20H2/t24-,25-,27-/m1/s1. The first-order chi connectivity index (χ1) is 15.8. The summed E-state index contributed by atoms with van der Waals surface area (Å²) in [6.45, 7) is 1.77. The second-order valence-corrected chi connectivity index (χ2v) is 7.81. The molecule has 1 aliphatic heterocycles. The SMILES string of the molecule is O=C1[C@H](OCc2ccccc2)O[C@H](COCc2ccccc2)[C@H]1COCc1ccccc1. The van der Waals surface area contributed by atoms with Gasteiger partial charge in [0.2, 0.25) is 6.29 Å². The van der Waals surface area contributed by atoms with Crippen molar-refractivity contribution in [3.05, 3.63) is 108 Å². The molecule has 0 amide bonds. The third-order valence-corrected chi connectivity index (χ3v) is 5.39. The van der Waals surface area contributed by atoms with E-state index in [1.54, 1.807) is 0 Å². The van der Waals surface area contributed by atoms with Gasteiger partial charge >= 0.3 is 0 Å². The molecule has 0 radical (unpaired) electrons. The summed E-state index contributed by atoms with van der Waals surface area (Å²) < 4.78 is 23.5. The minimum atomic E-state index is -0.911. The van der Waals surface area contributed by atoms with Crippen LogP contribution in [0.5, 0.6) is 0 Å². The molecule has 5 nitrogen and oxygen atoms in total. The van der Waals surface area contributed by atoms with Crippen LogP contribution in [0.1, 0.15) is 16.7 Å². The number of carbonyl (C=O) groups excluding carboxylic acids is 1. The van der Waals surface area contributed by atoms with Crippen LogP contribution in [0.15, 0.2) is 91.0 Å². The summed E-state index contributed by atoms with van der Waals surface area (Å²) in [6, 6.07) is 29.6. The molecule has 1 heterocycles. The molecular weight excluding hydrogens is 404 g/mol. The van der Waals surface area contributed by atoms with Crippen LogP contribution >= 0.6 is 0 Å². The fraction of sp³-hybridized carbons (Fsp3) is 0.296. The minimum absolute atomic E-state index is 0.0951. The Balaban J connectivity index is 1.34. The van der Waals surface area contributed by atoms with Crippen LogP contribution in [-0.2, 0) is 43.6 Å². The van der Waals surface area contributed by atoms with E-state index in [9.17, 15) is 4.79 Å². The zero-order chi connectivity index (χ0) is 22.0. The van der Waals surface area contributed by atoms with Gasteiger partial charge in [0.25, 0.3) is 0 Å². The predicted molar refractivity (Wildman–Crippen MR) is 121 cm³/mol. The molecule has 0 bridgehead atoms. The Labute approximate surface area is 188 Å². The Morgan fingerprint density at radius 1 is 0.625 bits per heavy atom. The summed E-state index contributed by atoms with van der Waals surface area (Å²) in [5.74, 6) is -0.530. The summed E-state index contributed by atoms with van der Waals surface area (Å²) in [6.07, 6.45) is -1.33. The van der Waals surface area contributed by atoms with Gasteiger partial charge in [-0.3, -0.25) is 4.79 Å². The molecule has 0 saturated carbocycles. The highest BCUT2D eigenvalue weighted by molar-refractivity contribution is 5.86. The van der Waals surface area contributed by atoms with Crippen LogP contribution in [0.25, 0.3) is 0 Å². The van der Waals surface area contributed by atoms with Gasteiger partial charge in [0, 0.05) is 0 Å². The summed E-state index contributed by atoms with van der Waals surface area (Å²) >= 11 is 0. The van der Waals surface area contributed by atoms with E-state index in [4.69, 9.17) is 18.9 Å². The number of rotatable bonds is 11. The topological polar surface area (TPSA) is 54.0 Å². The predicted octanol–water partition coefficient (Wildman–Crippen LogP) is 4.55. The Morgan fingerprint density at radius 3 is 1.62 bits per heavy atom. The molecule has 3 atom stereocenters. The van der Waals surface area contributed by atoms with E-state index in [-0.39, 0.29) is 12.4 Å². The summed E-state index contributed by atoms with van der Waals surface area (Å²) in [5.41, 5.74) is 3.13. The van der Waals surface area contributed by atoms with E-state index in [1.807, 2.05) is 91.0 Å². The Kier molecular flexibility index (Phi) is 8.17. The lowest BCUT2D eigenvalue weighted by Crippen LogP contribution is -2.30. The van der Waals surface area contributed by atoms with Crippen molar-refractivity contribution in [1.82, 2.24) is 0 Å². The van der Waals surface area contributed by atoms with Crippen molar-refractivity contribution in [2.45, 2.75) is 32.2 Å². The van der Waals surface area contributed by atoms with Gasteiger partial charge in [-0.15, -0.1) is 0 Å². The lowest BCUT2D eigenvalue weighted by Gasteiger charge is -2.17. The first-order valence-corrected chi connectivity index (χ1v) is 10.9. The molecule has 0 aliphatic carbocycles.